The Labute approximate surface area is 156 Å². The number of halogens is 2. The minimum atomic E-state index is -0.770. The molecule has 0 spiro atoms. The molecule has 0 fully saturated rings. The third kappa shape index (κ3) is 3.37. The van der Waals surface area contributed by atoms with E-state index in [2.05, 4.69) is 5.32 Å². The van der Waals surface area contributed by atoms with Crippen LogP contribution >= 0.6 is 23.2 Å². The predicted molar refractivity (Wildman–Crippen MR) is 93.6 cm³/mol. The van der Waals surface area contributed by atoms with Gasteiger partial charge in [-0.2, -0.15) is 0 Å². The van der Waals surface area contributed by atoms with Crippen LogP contribution in [0.1, 0.15) is 20.7 Å². The Bertz CT molecular complexity index is 956. The Morgan fingerprint density at radius 3 is 2.27 bits per heavy atom. The maximum Gasteiger partial charge on any atom is 0.270 e. The number of hydrogen-bond donors (Lipinski definition) is 1. The molecule has 2 aromatic carbocycles. The van der Waals surface area contributed by atoms with Gasteiger partial charge in [-0.05, 0) is 24.3 Å². The normalized spacial score (nSPS) is 12.9. The fourth-order valence-electron chi connectivity index (χ4n) is 2.51. The van der Waals surface area contributed by atoms with Gasteiger partial charge in [-0.15, -0.1) is 0 Å². The second-order valence-corrected chi connectivity index (χ2v) is 6.26. The Morgan fingerprint density at radius 2 is 1.65 bits per heavy atom. The van der Waals surface area contributed by atoms with Gasteiger partial charge in [0.15, 0.2) is 0 Å². The number of imide groups is 1. The van der Waals surface area contributed by atoms with Crippen LogP contribution < -0.4 is 5.32 Å². The average Bonchev–Trinajstić information content (AvgIpc) is 2.78. The lowest BCUT2D eigenvalue weighted by molar-refractivity contribution is -0.384. The second kappa shape index (κ2) is 6.74. The number of amides is 3. The number of benzene rings is 2. The monoisotopic (exact) mass is 393 g/mol. The number of fused-ring (bicyclic) bond motifs is 1. The maximum absolute atomic E-state index is 12.3. The first-order chi connectivity index (χ1) is 12.3. The third-order valence-corrected chi connectivity index (χ3v) is 4.05. The molecule has 3 rings (SSSR count). The molecule has 2 aromatic rings. The standard InChI is InChI=1S/C16H9Cl2N3O5/c17-8-3-9(18)5-10(4-8)19-14(22)7-20-15(23)12-2-1-11(21(25)26)6-13(12)16(20)24/h1-6H,7H2,(H,19,22). The highest BCUT2D eigenvalue weighted by atomic mass is 35.5. The Balaban J connectivity index is 1.78. The molecular formula is C16H9Cl2N3O5. The van der Waals surface area contributed by atoms with Gasteiger partial charge in [-0.25, -0.2) is 0 Å². The fourth-order valence-corrected chi connectivity index (χ4v) is 3.03. The number of nitro benzene ring substituents is 1. The van der Waals surface area contributed by atoms with Crippen LogP contribution in [0.3, 0.4) is 0 Å². The Hall–Kier alpha value is -2.97. The van der Waals surface area contributed by atoms with Gasteiger partial charge in [0.2, 0.25) is 5.91 Å². The van der Waals surface area contributed by atoms with E-state index in [0.29, 0.717) is 15.7 Å². The molecule has 8 nitrogen and oxygen atoms in total. The van der Waals surface area contributed by atoms with Crippen LogP contribution in [-0.4, -0.2) is 34.1 Å². The molecule has 1 heterocycles. The number of nitrogens with zero attached hydrogens (tertiary/aromatic N) is 2. The first-order valence-electron chi connectivity index (χ1n) is 7.17. The summed E-state index contributed by atoms with van der Waals surface area (Å²) in [6.07, 6.45) is 0. The van der Waals surface area contributed by atoms with Gasteiger partial charge in [-0.3, -0.25) is 29.4 Å². The molecule has 0 radical (unpaired) electrons. The van der Waals surface area contributed by atoms with Gasteiger partial charge in [0.1, 0.15) is 6.54 Å². The van der Waals surface area contributed by atoms with Crippen molar-refractivity contribution in [1.29, 1.82) is 0 Å². The number of nitrogens with one attached hydrogen (secondary N) is 1. The van der Waals surface area contributed by atoms with Crippen LogP contribution in [-0.2, 0) is 4.79 Å². The molecule has 132 valence electrons. The van der Waals surface area contributed by atoms with Crippen LogP contribution in [0.4, 0.5) is 11.4 Å². The summed E-state index contributed by atoms with van der Waals surface area (Å²) in [6, 6.07) is 7.73. The van der Waals surface area contributed by atoms with Gasteiger partial charge in [0.05, 0.1) is 16.1 Å². The summed E-state index contributed by atoms with van der Waals surface area (Å²) < 4.78 is 0. The van der Waals surface area contributed by atoms with Crippen molar-refractivity contribution < 1.29 is 19.3 Å². The van der Waals surface area contributed by atoms with Crippen molar-refractivity contribution in [2.75, 3.05) is 11.9 Å². The van der Waals surface area contributed by atoms with E-state index in [1.54, 1.807) is 0 Å². The summed E-state index contributed by atoms with van der Waals surface area (Å²) in [5.41, 5.74) is -0.105. The molecule has 0 atom stereocenters. The summed E-state index contributed by atoms with van der Waals surface area (Å²) in [4.78, 5) is 47.7. The number of rotatable bonds is 4. The minimum absolute atomic E-state index is 0.0131. The average molecular weight is 394 g/mol. The number of hydrogen-bond acceptors (Lipinski definition) is 5. The molecule has 0 saturated carbocycles. The van der Waals surface area contributed by atoms with Crippen molar-refractivity contribution in [2.45, 2.75) is 0 Å². The number of nitro groups is 1. The van der Waals surface area contributed by atoms with E-state index < -0.39 is 29.2 Å². The van der Waals surface area contributed by atoms with E-state index in [9.17, 15) is 24.5 Å². The molecule has 0 aromatic heterocycles. The van der Waals surface area contributed by atoms with Gasteiger partial charge < -0.3 is 5.32 Å². The van der Waals surface area contributed by atoms with Crippen molar-refractivity contribution in [3.63, 3.8) is 0 Å². The zero-order chi connectivity index (χ0) is 19.0. The van der Waals surface area contributed by atoms with Crippen LogP contribution in [0.25, 0.3) is 0 Å². The summed E-state index contributed by atoms with van der Waals surface area (Å²) in [6.45, 7) is -0.551. The van der Waals surface area contributed by atoms with Crippen molar-refractivity contribution in [3.05, 3.63) is 67.7 Å². The highest BCUT2D eigenvalue weighted by molar-refractivity contribution is 6.35. The second-order valence-electron chi connectivity index (χ2n) is 5.39. The smallest absolute Gasteiger partial charge is 0.270 e. The van der Waals surface area contributed by atoms with Crippen LogP contribution in [0, 0.1) is 10.1 Å². The van der Waals surface area contributed by atoms with E-state index in [1.807, 2.05) is 0 Å². The molecular weight excluding hydrogens is 385 g/mol. The zero-order valence-electron chi connectivity index (χ0n) is 12.9. The lowest BCUT2D eigenvalue weighted by atomic mass is 10.1. The Morgan fingerprint density at radius 1 is 1.04 bits per heavy atom. The van der Waals surface area contributed by atoms with Gasteiger partial charge >= 0.3 is 0 Å². The Kier molecular flexibility index (Phi) is 4.62. The van der Waals surface area contributed by atoms with Crippen LogP contribution in [0.15, 0.2) is 36.4 Å². The van der Waals surface area contributed by atoms with Crippen LogP contribution in [0.5, 0.6) is 0 Å². The maximum atomic E-state index is 12.3. The van der Waals surface area contributed by atoms with Crippen molar-refractivity contribution >= 4 is 52.3 Å². The zero-order valence-corrected chi connectivity index (χ0v) is 14.4. The molecule has 1 aliphatic rings. The van der Waals surface area contributed by atoms with Crippen molar-refractivity contribution in [2.24, 2.45) is 0 Å². The van der Waals surface area contributed by atoms with Crippen molar-refractivity contribution in [1.82, 2.24) is 4.90 Å². The number of non-ortho nitro benzene ring substituents is 1. The third-order valence-electron chi connectivity index (χ3n) is 3.61. The fraction of sp³-hybridized carbons (Fsp3) is 0.0625. The van der Waals surface area contributed by atoms with E-state index >= 15 is 0 Å². The SMILES string of the molecule is O=C(CN1C(=O)c2ccc([N+](=O)[O-])cc2C1=O)Nc1cc(Cl)cc(Cl)c1. The van der Waals surface area contributed by atoms with Crippen LogP contribution in [0.2, 0.25) is 10.0 Å². The summed E-state index contributed by atoms with van der Waals surface area (Å²) >= 11 is 11.7. The molecule has 10 heteroatoms. The predicted octanol–water partition coefficient (Wildman–Crippen LogP) is 3.14. The van der Waals surface area contributed by atoms with E-state index in [0.717, 1.165) is 17.0 Å². The minimum Gasteiger partial charge on any atom is -0.324 e. The van der Waals surface area contributed by atoms with E-state index in [-0.39, 0.29) is 16.8 Å². The quantitative estimate of drug-likeness (QED) is 0.487. The topological polar surface area (TPSA) is 110 Å². The first-order valence-corrected chi connectivity index (χ1v) is 7.92. The molecule has 0 saturated heterocycles. The lowest BCUT2D eigenvalue weighted by Crippen LogP contribution is -2.37. The molecule has 26 heavy (non-hydrogen) atoms. The van der Waals surface area contributed by atoms with E-state index in [1.165, 1.54) is 24.3 Å². The highest BCUT2D eigenvalue weighted by Crippen LogP contribution is 2.27. The molecule has 3 amide bonds. The van der Waals surface area contributed by atoms with Gasteiger partial charge in [-0.1, -0.05) is 23.2 Å². The summed E-state index contributed by atoms with van der Waals surface area (Å²) in [5.74, 6) is -2.11. The number of anilines is 1. The van der Waals surface area contributed by atoms with Crippen molar-refractivity contribution in [3.8, 4) is 0 Å². The molecule has 0 unspecified atom stereocenters. The lowest BCUT2D eigenvalue weighted by Gasteiger charge is -2.13. The van der Waals surface area contributed by atoms with Gasteiger partial charge in [0.25, 0.3) is 17.5 Å². The molecule has 0 bridgehead atoms. The molecule has 1 N–H and O–H groups in total. The molecule has 0 aliphatic carbocycles. The highest BCUT2D eigenvalue weighted by Gasteiger charge is 2.37. The van der Waals surface area contributed by atoms with E-state index in [4.69, 9.17) is 23.2 Å². The largest absolute Gasteiger partial charge is 0.324 e. The van der Waals surface area contributed by atoms with Gasteiger partial charge in [0, 0.05) is 27.9 Å². The number of carbonyl (C=O) groups is 3. The summed E-state index contributed by atoms with van der Waals surface area (Å²) in [5, 5.41) is 13.9. The summed E-state index contributed by atoms with van der Waals surface area (Å²) in [7, 11) is 0. The first kappa shape index (κ1) is 17.8. The number of carbonyl (C=O) groups excluding carboxylic acids is 3. The molecule has 1 aliphatic heterocycles.